The molecule has 0 atom stereocenters. The quantitative estimate of drug-likeness (QED) is 0.517. The van der Waals surface area contributed by atoms with Crippen LogP contribution in [0.3, 0.4) is 0 Å². The number of carbonyl (C=O) groups is 1. The molecule has 0 bridgehead atoms. The Balaban J connectivity index is 1.56. The lowest BCUT2D eigenvalue weighted by Gasteiger charge is -2.37. The number of aryl methyl sites for hydroxylation is 1. The molecule has 0 radical (unpaired) electrons. The van der Waals surface area contributed by atoms with Crippen molar-refractivity contribution in [1.82, 2.24) is 14.3 Å². The van der Waals surface area contributed by atoms with Gasteiger partial charge >= 0.3 is 5.97 Å². The van der Waals surface area contributed by atoms with Crippen molar-refractivity contribution in [1.29, 1.82) is 0 Å². The number of carboxylic acid groups (broad SMARTS) is 1. The van der Waals surface area contributed by atoms with Crippen LogP contribution in [0, 0.1) is 12.8 Å². The monoisotopic (exact) mass is 451 g/mol. The van der Waals surface area contributed by atoms with Crippen molar-refractivity contribution in [3.05, 3.63) is 53.1 Å². The normalized spacial score (nSPS) is 14.5. The van der Waals surface area contributed by atoms with Crippen LogP contribution in [0.1, 0.15) is 37.5 Å². The maximum absolute atomic E-state index is 11.1. The van der Waals surface area contributed by atoms with Gasteiger partial charge in [0.1, 0.15) is 10.8 Å². The van der Waals surface area contributed by atoms with E-state index in [2.05, 4.69) is 34.4 Å². The summed E-state index contributed by atoms with van der Waals surface area (Å²) < 4.78 is 10.5. The zero-order valence-corrected chi connectivity index (χ0v) is 19.8. The van der Waals surface area contributed by atoms with Crippen molar-refractivity contribution in [2.24, 2.45) is 5.92 Å². The molecule has 2 heterocycles. The molecule has 3 aromatic rings. The van der Waals surface area contributed by atoms with Gasteiger partial charge in [0.15, 0.2) is 5.82 Å². The molecular weight excluding hydrogens is 422 g/mol. The van der Waals surface area contributed by atoms with E-state index < -0.39 is 5.97 Å². The number of hydrogen-bond acceptors (Lipinski definition) is 6. The van der Waals surface area contributed by atoms with E-state index >= 15 is 0 Å². The second-order valence-electron chi connectivity index (χ2n) is 8.60. The maximum Gasteiger partial charge on any atom is 0.309 e. The Morgan fingerprint density at radius 2 is 2.06 bits per heavy atom. The van der Waals surface area contributed by atoms with Crippen molar-refractivity contribution >= 4 is 17.5 Å². The van der Waals surface area contributed by atoms with E-state index in [1.165, 1.54) is 22.7 Å². The highest BCUT2D eigenvalue weighted by Gasteiger charge is 2.32. The predicted molar refractivity (Wildman–Crippen MR) is 127 cm³/mol. The molecule has 0 spiro atoms. The molecule has 1 aliphatic rings. The van der Waals surface area contributed by atoms with Crippen LogP contribution in [0.4, 0.5) is 0 Å². The minimum Gasteiger partial charge on any atom is -0.491 e. The molecular formula is C25H29N3O3S. The van der Waals surface area contributed by atoms with E-state index in [-0.39, 0.29) is 12.0 Å². The first-order chi connectivity index (χ1) is 15.4. The Hall–Kier alpha value is -2.77. The highest BCUT2D eigenvalue weighted by atomic mass is 32.1. The molecule has 0 amide bonds. The fraction of sp³-hybridized carbons (Fsp3) is 0.400. The van der Waals surface area contributed by atoms with Gasteiger partial charge in [-0.1, -0.05) is 25.1 Å². The van der Waals surface area contributed by atoms with Crippen LogP contribution in [0.15, 0.2) is 36.4 Å². The lowest BCUT2D eigenvalue weighted by Crippen LogP contribution is -2.49. The highest BCUT2D eigenvalue weighted by molar-refractivity contribution is 7.09. The number of nitrogens with zero attached hydrogens (tertiary/aromatic N) is 3. The molecule has 1 fully saturated rings. The van der Waals surface area contributed by atoms with E-state index in [0.717, 1.165) is 46.2 Å². The van der Waals surface area contributed by atoms with Crippen LogP contribution in [0.2, 0.25) is 0 Å². The van der Waals surface area contributed by atoms with Crippen molar-refractivity contribution in [3.63, 3.8) is 0 Å². The van der Waals surface area contributed by atoms with Gasteiger partial charge in [0.05, 0.1) is 12.0 Å². The van der Waals surface area contributed by atoms with Crippen molar-refractivity contribution in [3.8, 4) is 27.7 Å². The molecule has 32 heavy (non-hydrogen) atoms. The molecule has 2 aromatic carbocycles. The Bertz CT molecular complexity index is 1120. The SMILES string of the molecule is CCc1c(CN2CC(C(=O)O)C2)cccc1-c1nsc(-c2ccc(OC(C)C)c(C)c2)n1. The number of hydrogen-bond donors (Lipinski definition) is 1. The van der Waals surface area contributed by atoms with Gasteiger partial charge in [0.2, 0.25) is 0 Å². The second kappa shape index (κ2) is 9.38. The first kappa shape index (κ1) is 22.4. The standard InChI is InChI=1S/C25H29N3O3S/c1-5-20-18(12-28-13-19(14-28)25(29)30)7-6-8-21(20)23-26-24(32-27-23)17-9-10-22(16(4)11-17)31-15(2)3/h6-11,15,19H,5,12-14H2,1-4H3,(H,29,30). The lowest BCUT2D eigenvalue weighted by atomic mass is 9.95. The molecule has 168 valence electrons. The van der Waals surface area contributed by atoms with E-state index in [4.69, 9.17) is 14.8 Å². The van der Waals surface area contributed by atoms with Crippen molar-refractivity contribution in [2.75, 3.05) is 13.1 Å². The van der Waals surface area contributed by atoms with Gasteiger partial charge in [-0.05, 0) is 73.6 Å². The third kappa shape index (κ3) is 4.69. The van der Waals surface area contributed by atoms with Crippen LogP contribution in [-0.2, 0) is 17.8 Å². The predicted octanol–water partition coefficient (Wildman–Crippen LogP) is 5.05. The molecule has 1 aromatic heterocycles. The summed E-state index contributed by atoms with van der Waals surface area (Å²) in [5.74, 6) is 0.692. The minimum absolute atomic E-state index is 0.138. The lowest BCUT2D eigenvalue weighted by molar-refractivity contribution is -0.147. The summed E-state index contributed by atoms with van der Waals surface area (Å²) in [6, 6.07) is 12.4. The molecule has 0 unspecified atom stereocenters. The summed E-state index contributed by atoms with van der Waals surface area (Å²) in [6.45, 7) is 10.2. The number of likely N-dealkylation sites (tertiary alicyclic amines) is 1. The van der Waals surface area contributed by atoms with Crippen LogP contribution in [0.25, 0.3) is 22.0 Å². The van der Waals surface area contributed by atoms with Crippen LogP contribution < -0.4 is 4.74 Å². The van der Waals surface area contributed by atoms with E-state index in [1.54, 1.807) is 0 Å². The molecule has 7 heteroatoms. The smallest absolute Gasteiger partial charge is 0.309 e. The molecule has 1 saturated heterocycles. The average Bonchev–Trinajstić information content (AvgIpc) is 3.21. The van der Waals surface area contributed by atoms with Gasteiger partial charge in [0.25, 0.3) is 0 Å². The van der Waals surface area contributed by atoms with E-state index in [0.29, 0.717) is 13.1 Å². The number of ether oxygens (including phenoxy) is 1. The molecule has 0 saturated carbocycles. The fourth-order valence-electron chi connectivity index (χ4n) is 4.12. The number of aromatic nitrogens is 2. The Morgan fingerprint density at radius 3 is 2.72 bits per heavy atom. The fourth-order valence-corrected chi connectivity index (χ4v) is 4.80. The number of rotatable bonds is 8. The van der Waals surface area contributed by atoms with Gasteiger partial charge in [-0.15, -0.1) is 0 Å². The summed E-state index contributed by atoms with van der Waals surface area (Å²) in [5.41, 5.74) is 5.62. The van der Waals surface area contributed by atoms with Gasteiger partial charge < -0.3 is 9.84 Å². The molecule has 4 rings (SSSR count). The third-order valence-electron chi connectivity index (χ3n) is 5.78. The zero-order valence-electron chi connectivity index (χ0n) is 19.0. The summed E-state index contributed by atoms with van der Waals surface area (Å²) in [5, 5.41) is 10.0. The zero-order chi connectivity index (χ0) is 22.8. The highest BCUT2D eigenvalue weighted by Crippen LogP contribution is 2.32. The molecule has 0 aliphatic carbocycles. The number of carboxylic acids is 1. The Morgan fingerprint density at radius 1 is 1.28 bits per heavy atom. The molecule has 1 N–H and O–H groups in total. The van der Waals surface area contributed by atoms with Crippen LogP contribution in [-0.4, -0.2) is 44.5 Å². The average molecular weight is 452 g/mol. The van der Waals surface area contributed by atoms with Crippen molar-refractivity contribution < 1.29 is 14.6 Å². The second-order valence-corrected chi connectivity index (χ2v) is 9.35. The van der Waals surface area contributed by atoms with Gasteiger partial charge in [0, 0.05) is 30.8 Å². The van der Waals surface area contributed by atoms with E-state index in [1.807, 2.05) is 39.0 Å². The summed E-state index contributed by atoms with van der Waals surface area (Å²) in [4.78, 5) is 18.1. The Labute approximate surface area is 193 Å². The topological polar surface area (TPSA) is 75.6 Å². The van der Waals surface area contributed by atoms with Crippen molar-refractivity contribution in [2.45, 2.75) is 46.8 Å². The molecule has 1 aliphatic heterocycles. The number of aliphatic carboxylic acids is 1. The largest absolute Gasteiger partial charge is 0.491 e. The van der Waals surface area contributed by atoms with Crippen LogP contribution in [0.5, 0.6) is 5.75 Å². The minimum atomic E-state index is -0.705. The number of benzene rings is 2. The first-order valence-electron chi connectivity index (χ1n) is 11.0. The third-order valence-corrected chi connectivity index (χ3v) is 6.54. The summed E-state index contributed by atoms with van der Waals surface area (Å²) >= 11 is 1.41. The summed E-state index contributed by atoms with van der Waals surface area (Å²) in [7, 11) is 0. The summed E-state index contributed by atoms with van der Waals surface area (Å²) in [6.07, 6.45) is 1.01. The van der Waals surface area contributed by atoms with E-state index in [9.17, 15) is 4.79 Å². The maximum atomic E-state index is 11.1. The first-order valence-corrected chi connectivity index (χ1v) is 11.8. The Kier molecular flexibility index (Phi) is 6.58. The van der Waals surface area contributed by atoms with Crippen LogP contribution >= 0.6 is 11.5 Å². The van der Waals surface area contributed by atoms with Gasteiger partial charge in [-0.2, -0.15) is 4.37 Å². The molecule has 6 nitrogen and oxygen atoms in total. The van der Waals surface area contributed by atoms with Gasteiger partial charge in [-0.3, -0.25) is 9.69 Å². The van der Waals surface area contributed by atoms with Gasteiger partial charge in [-0.25, -0.2) is 4.98 Å².